The molecule has 24 heavy (non-hydrogen) atoms. The van der Waals surface area contributed by atoms with Gasteiger partial charge in [-0.1, -0.05) is 18.2 Å². The van der Waals surface area contributed by atoms with E-state index in [0.717, 1.165) is 6.42 Å². The van der Waals surface area contributed by atoms with Gasteiger partial charge in [-0.15, -0.1) is 0 Å². The van der Waals surface area contributed by atoms with E-state index in [2.05, 4.69) is 4.98 Å². The molecule has 0 amide bonds. The second kappa shape index (κ2) is 6.01. The second-order valence-electron chi connectivity index (χ2n) is 5.73. The van der Waals surface area contributed by atoms with Crippen LogP contribution in [0, 0.1) is 11.8 Å². The lowest BCUT2D eigenvalue weighted by atomic mass is 10.3. The first kappa shape index (κ1) is 16.6. The van der Waals surface area contributed by atoms with Crippen molar-refractivity contribution >= 4 is 21.3 Å². The Morgan fingerprint density at radius 1 is 1.04 bits per heavy atom. The predicted octanol–water partition coefficient (Wildman–Crippen LogP) is 2.47. The van der Waals surface area contributed by atoms with Crippen molar-refractivity contribution in [1.29, 1.82) is 0 Å². The van der Waals surface area contributed by atoms with Crippen molar-refractivity contribution in [1.82, 2.24) is 4.98 Å². The van der Waals surface area contributed by atoms with Gasteiger partial charge in [-0.25, -0.2) is 12.8 Å². The van der Waals surface area contributed by atoms with Crippen LogP contribution in [0.25, 0.3) is 0 Å². The fraction of sp³-hybridized carbons (Fsp3) is 0.312. The summed E-state index contributed by atoms with van der Waals surface area (Å²) in [5.74, 6) is -2.73. The van der Waals surface area contributed by atoms with Gasteiger partial charge in [-0.3, -0.25) is 0 Å². The van der Waals surface area contributed by atoms with E-state index in [4.69, 9.17) is 0 Å². The number of hydrogen-bond acceptors (Lipinski definition) is 5. The molecule has 0 spiro atoms. The van der Waals surface area contributed by atoms with Gasteiger partial charge in [0.25, 0.3) is 5.95 Å². The van der Waals surface area contributed by atoms with Gasteiger partial charge in [0, 0.05) is 27.2 Å². The SMILES string of the molecule is CN1CCCN(C)c2c1nc(F)c(F)c2S(=O)(=O)c1ccccc1. The van der Waals surface area contributed by atoms with E-state index in [1.807, 2.05) is 0 Å². The Bertz CT molecular complexity index is 873. The Hall–Kier alpha value is -2.22. The Labute approximate surface area is 139 Å². The molecule has 1 aliphatic heterocycles. The van der Waals surface area contributed by atoms with E-state index in [1.165, 1.54) is 24.3 Å². The summed E-state index contributed by atoms with van der Waals surface area (Å²) in [6, 6.07) is 7.45. The third kappa shape index (κ3) is 2.60. The Morgan fingerprint density at radius 2 is 1.67 bits per heavy atom. The van der Waals surface area contributed by atoms with E-state index in [-0.39, 0.29) is 16.4 Å². The topological polar surface area (TPSA) is 53.5 Å². The summed E-state index contributed by atoms with van der Waals surface area (Å²) in [6.07, 6.45) is 0.720. The van der Waals surface area contributed by atoms with E-state index in [9.17, 15) is 17.2 Å². The van der Waals surface area contributed by atoms with Crippen LogP contribution >= 0.6 is 0 Å². The van der Waals surface area contributed by atoms with Crippen LogP contribution < -0.4 is 9.80 Å². The van der Waals surface area contributed by atoms with Gasteiger partial charge in [0.1, 0.15) is 10.6 Å². The fourth-order valence-electron chi connectivity index (χ4n) is 2.83. The van der Waals surface area contributed by atoms with Crippen LogP contribution in [0.1, 0.15) is 6.42 Å². The Morgan fingerprint density at radius 3 is 2.33 bits per heavy atom. The largest absolute Gasteiger partial charge is 0.370 e. The third-order valence-corrected chi connectivity index (χ3v) is 5.87. The molecule has 0 saturated heterocycles. The van der Waals surface area contributed by atoms with Crippen molar-refractivity contribution in [3.05, 3.63) is 42.1 Å². The number of pyridine rings is 1. The molecule has 5 nitrogen and oxygen atoms in total. The highest BCUT2D eigenvalue weighted by Gasteiger charge is 2.34. The average Bonchev–Trinajstić information content (AvgIpc) is 2.69. The van der Waals surface area contributed by atoms with Gasteiger partial charge in [0.15, 0.2) is 11.6 Å². The molecule has 0 fully saturated rings. The number of nitrogens with zero attached hydrogens (tertiary/aromatic N) is 3. The van der Waals surface area contributed by atoms with E-state index < -0.39 is 26.5 Å². The van der Waals surface area contributed by atoms with Crippen molar-refractivity contribution < 1.29 is 17.2 Å². The number of aromatic nitrogens is 1. The maximum Gasteiger partial charge on any atom is 0.252 e. The van der Waals surface area contributed by atoms with Crippen LogP contribution in [0.2, 0.25) is 0 Å². The van der Waals surface area contributed by atoms with Crippen molar-refractivity contribution in [3.63, 3.8) is 0 Å². The zero-order valence-electron chi connectivity index (χ0n) is 13.3. The molecule has 1 aromatic heterocycles. The highest BCUT2D eigenvalue weighted by atomic mass is 32.2. The van der Waals surface area contributed by atoms with Gasteiger partial charge in [-0.05, 0) is 18.6 Å². The van der Waals surface area contributed by atoms with Crippen LogP contribution in [0.5, 0.6) is 0 Å². The molecule has 0 aliphatic carbocycles. The smallest absolute Gasteiger partial charge is 0.252 e. The molecular weight excluding hydrogens is 336 g/mol. The summed E-state index contributed by atoms with van der Waals surface area (Å²) in [4.78, 5) is 6.16. The van der Waals surface area contributed by atoms with Gasteiger partial charge < -0.3 is 9.80 Å². The first-order chi connectivity index (χ1) is 11.3. The predicted molar refractivity (Wildman–Crippen MR) is 87.2 cm³/mol. The summed E-state index contributed by atoms with van der Waals surface area (Å²) in [5.41, 5.74) is 0.0951. The summed E-state index contributed by atoms with van der Waals surface area (Å²) < 4.78 is 54.5. The highest BCUT2D eigenvalue weighted by Crippen LogP contribution is 2.40. The Kier molecular flexibility index (Phi) is 4.16. The zero-order chi connectivity index (χ0) is 17.5. The van der Waals surface area contributed by atoms with Crippen LogP contribution in [-0.4, -0.2) is 40.6 Å². The molecule has 8 heteroatoms. The highest BCUT2D eigenvalue weighted by molar-refractivity contribution is 7.91. The Balaban J connectivity index is 2.36. The monoisotopic (exact) mass is 353 g/mol. The lowest BCUT2D eigenvalue weighted by Gasteiger charge is -2.24. The van der Waals surface area contributed by atoms with Gasteiger partial charge in [-0.2, -0.15) is 9.37 Å². The summed E-state index contributed by atoms with van der Waals surface area (Å²) in [6.45, 7) is 1.08. The van der Waals surface area contributed by atoms with E-state index in [1.54, 1.807) is 30.0 Å². The third-order valence-electron chi connectivity index (χ3n) is 4.06. The van der Waals surface area contributed by atoms with Gasteiger partial charge in [0.05, 0.1) is 4.90 Å². The lowest BCUT2D eigenvalue weighted by Crippen LogP contribution is -2.23. The van der Waals surface area contributed by atoms with Crippen molar-refractivity contribution in [2.24, 2.45) is 0 Å². The number of sulfone groups is 1. The number of benzene rings is 1. The van der Waals surface area contributed by atoms with Crippen LogP contribution in [-0.2, 0) is 9.84 Å². The molecule has 0 bridgehead atoms. The van der Waals surface area contributed by atoms with Crippen LogP contribution in [0.4, 0.5) is 20.3 Å². The zero-order valence-corrected chi connectivity index (χ0v) is 14.1. The maximum atomic E-state index is 14.5. The minimum absolute atomic E-state index is 0.0861. The first-order valence-corrected chi connectivity index (χ1v) is 8.93. The molecule has 128 valence electrons. The molecular formula is C16H17F2N3O2S. The molecule has 0 atom stereocenters. The number of anilines is 2. The second-order valence-corrected chi connectivity index (χ2v) is 7.62. The normalized spacial score (nSPS) is 15.2. The number of fused-ring (bicyclic) bond motifs is 1. The van der Waals surface area contributed by atoms with Crippen molar-refractivity contribution in [3.8, 4) is 0 Å². The molecule has 0 saturated carbocycles. The van der Waals surface area contributed by atoms with Gasteiger partial charge >= 0.3 is 0 Å². The first-order valence-electron chi connectivity index (χ1n) is 7.45. The summed E-state index contributed by atoms with van der Waals surface area (Å²) in [7, 11) is -0.894. The lowest BCUT2D eigenvalue weighted by molar-refractivity contribution is 0.459. The molecule has 1 aliphatic rings. The minimum Gasteiger partial charge on any atom is -0.370 e. The van der Waals surface area contributed by atoms with Crippen LogP contribution in [0.3, 0.4) is 0 Å². The number of hydrogen-bond donors (Lipinski definition) is 0. The molecule has 3 rings (SSSR count). The molecule has 2 heterocycles. The summed E-state index contributed by atoms with van der Waals surface area (Å²) >= 11 is 0. The van der Waals surface area contributed by atoms with Crippen molar-refractivity contribution in [2.75, 3.05) is 37.0 Å². The molecule has 0 unspecified atom stereocenters. The molecule has 1 aromatic carbocycles. The minimum atomic E-state index is -4.23. The molecule has 0 N–H and O–H groups in total. The average molecular weight is 353 g/mol. The number of rotatable bonds is 2. The van der Waals surface area contributed by atoms with E-state index in [0.29, 0.717) is 13.1 Å². The van der Waals surface area contributed by atoms with E-state index >= 15 is 0 Å². The maximum absolute atomic E-state index is 14.5. The summed E-state index contributed by atoms with van der Waals surface area (Å²) in [5, 5.41) is 0. The van der Waals surface area contributed by atoms with Gasteiger partial charge in [0.2, 0.25) is 9.84 Å². The standard InChI is InChI=1S/C16H17F2N3O2S/c1-20-9-6-10-21(2)16-13(20)14(12(17)15(18)19-16)24(22,23)11-7-4-3-5-8-11/h3-5,7-8H,6,9-10H2,1-2H3. The molecule has 0 radical (unpaired) electrons. The molecule has 2 aromatic rings. The van der Waals surface area contributed by atoms with Crippen LogP contribution in [0.15, 0.2) is 40.1 Å². The fourth-order valence-corrected chi connectivity index (χ4v) is 4.40. The number of halogens is 2. The van der Waals surface area contributed by atoms with Crippen molar-refractivity contribution in [2.45, 2.75) is 16.2 Å². The quantitative estimate of drug-likeness (QED) is 0.777.